The summed E-state index contributed by atoms with van der Waals surface area (Å²) < 4.78 is 5.07. The Labute approximate surface area is 135 Å². The molecule has 0 fully saturated rings. The Kier molecular flexibility index (Phi) is 5.50. The summed E-state index contributed by atoms with van der Waals surface area (Å²) in [6, 6.07) is 20.0. The average molecular weight is 304 g/mol. The molecular weight excluding hydrogens is 288 g/mol. The number of rotatable bonds is 6. The van der Waals surface area contributed by atoms with E-state index in [0.717, 1.165) is 5.56 Å². The third kappa shape index (κ3) is 3.96. The molecule has 0 saturated heterocycles. The highest BCUT2D eigenvalue weighted by atomic mass is 16.5. The highest BCUT2D eigenvalue weighted by Gasteiger charge is 2.26. The van der Waals surface area contributed by atoms with Crippen LogP contribution in [0.1, 0.15) is 28.3 Å². The van der Waals surface area contributed by atoms with Gasteiger partial charge in [0.05, 0.1) is 19.2 Å². The maximum absolute atomic E-state index is 12.5. The number of nitrogens with zero attached hydrogens (tertiary/aromatic N) is 2. The van der Waals surface area contributed by atoms with Crippen LogP contribution in [-0.4, -0.2) is 12.9 Å². The zero-order valence-corrected chi connectivity index (χ0v) is 12.8. The number of hydrogen-bond acceptors (Lipinski definition) is 4. The van der Waals surface area contributed by atoms with E-state index in [0.29, 0.717) is 11.3 Å². The lowest BCUT2D eigenvalue weighted by atomic mass is 9.83. The van der Waals surface area contributed by atoms with E-state index in [-0.39, 0.29) is 12.2 Å². The van der Waals surface area contributed by atoms with Crippen molar-refractivity contribution in [3.8, 4) is 17.9 Å². The van der Waals surface area contributed by atoms with Gasteiger partial charge >= 0.3 is 0 Å². The average Bonchev–Trinajstić information content (AvgIpc) is 2.62. The van der Waals surface area contributed by atoms with Crippen molar-refractivity contribution in [3.05, 3.63) is 65.7 Å². The third-order valence-electron chi connectivity index (χ3n) is 3.73. The zero-order valence-electron chi connectivity index (χ0n) is 12.8. The largest absolute Gasteiger partial charge is 0.497 e. The maximum atomic E-state index is 12.5. The summed E-state index contributed by atoms with van der Waals surface area (Å²) in [4.78, 5) is 12.5. The second kappa shape index (κ2) is 7.77. The molecule has 0 spiro atoms. The van der Waals surface area contributed by atoms with Crippen molar-refractivity contribution in [2.24, 2.45) is 5.92 Å². The van der Waals surface area contributed by atoms with Crippen molar-refractivity contribution in [2.75, 3.05) is 7.11 Å². The predicted molar refractivity (Wildman–Crippen MR) is 85.8 cm³/mol. The molecule has 0 N–H and O–H groups in total. The molecule has 1 atom stereocenters. The van der Waals surface area contributed by atoms with Crippen LogP contribution < -0.4 is 4.74 Å². The van der Waals surface area contributed by atoms with Gasteiger partial charge in [-0.2, -0.15) is 10.5 Å². The second-order valence-electron chi connectivity index (χ2n) is 5.11. The van der Waals surface area contributed by atoms with E-state index in [1.165, 1.54) is 0 Å². The topological polar surface area (TPSA) is 73.9 Å². The lowest BCUT2D eigenvalue weighted by Crippen LogP contribution is -2.15. The molecule has 114 valence electrons. The lowest BCUT2D eigenvalue weighted by Gasteiger charge is -2.17. The van der Waals surface area contributed by atoms with Crippen molar-refractivity contribution in [1.82, 2.24) is 0 Å². The van der Waals surface area contributed by atoms with E-state index in [1.54, 1.807) is 31.4 Å². The van der Waals surface area contributed by atoms with Gasteiger partial charge in [0, 0.05) is 17.9 Å². The monoisotopic (exact) mass is 304 g/mol. The third-order valence-corrected chi connectivity index (χ3v) is 3.73. The van der Waals surface area contributed by atoms with E-state index in [4.69, 9.17) is 4.74 Å². The van der Waals surface area contributed by atoms with E-state index in [2.05, 4.69) is 0 Å². The van der Waals surface area contributed by atoms with Crippen LogP contribution in [0.25, 0.3) is 0 Å². The van der Waals surface area contributed by atoms with Crippen molar-refractivity contribution < 1.29 is 9.53 Å². The van der Waals surface area contributed by atoms with Crippen molar-refractivity contribution in [2.45, 2.75) is 12.3 Å². The van der Waals surface area contributed by atoms with E-state index < -0.39 is 11.8 Å². The summed E-state index contributed by atoms with van der Waals surface area (Å²) in [6.45, 7) is 0. The molecule has 4 nitrogen and oxygen atoms in total. The van der Waals surface area contributed by atoms with Crippen molar-refractivity contribution >= 4 is 5.78 Å². The first-order valence-corrected chi connectivity index (χ1v) is 7.21. The van der Waals surface area contributed by atoms with Crippen LogP contribution in [0.5, 0.6) is 5.75 Å². The van der Waals surface area contributed by atoms with E-state index in [9.17, 15) is 15.3 Å². The SMILES string of the molecule is COc1ccc(C(=O)CC(c2ccccc2)C(C#N)C#N)cc1. The molecule has 0 bridgehead atoms. The Balaban J connectivity index is 2.25. The fraction of sp³-hybridized carbons (Fsp3) is 0.211. The molecule has 2 rings (SSSR count). The highest BCUT2D eigenvalue weighted by Crippen LogP contribution is 2.29. The Morgan fingerprint density at radius 1 is 1.04 bits per heavy atom. The molecule has 1 unspecified atom stereocenters. The molecule has 0 aliphatic rings. The van der Waals surface area contributed by atoms with Crippen LogP contribution in [0.2, 0.25) is 0 Å². The van der Waals surface area contributed by atoms with E-state index >= 15 is 0 Å². The van der Waals surface area contributed by atoms with Gasteiger partial charge < -0.3 is 4.74 Å². The van der Waals surface area contributed by atoms with Gasteiger partial charge in [0.25, 0.3) is 0 Å². The van der Waals surface area contributed by atoms with Crippen LogP contribution in [0, 0.1) is 28.6 Å². The molecule has 2 aromatic carbocycles. The number of carbonyl (C=O) groups excluding carboxylic acids is 1. The normalized spacial score (nSPS) is 11.3. The predicted octanol–water partition coefficient (Wildman–Crippen LogP) is 3.72. The fourth-order valence-electron chi connectivity index (χ4n) is 2.43. The van der Waals surface area contributed by atoms with Crippen LogP contribution in [-0.2, 0) is 0 Å². The first-order chi connectivity index (χ1) is 11.2. The van der Waals surface area contributed by atoms with Crippen molar-refractivity contribution in [1.29, 1.82) is 10.5 Å². The lowest BCUT2D eigenvalue weighted by molar-refractivity contribution is 0.0971. The number of hydrogen-bond donors (Lipinski definition) is 0. The van der Waals surface area contributed by atoms with Crippen LogP contribution in [0.15, 0.2) is 54.6 Å². The number of ether oxygens (including phenoxy) is 1. The Hall–Kier alpha value is -3.11. The number of nitriles is 2. The van der Waals surface area contributed by atoms with E-state index in [1.807, 2.05) is 42.5 Å². The van der Waals surface area contributed by atoms with Crippen LogP contribution >= 0.6 is 0 Å². The van der Waals surface area contributed by atoms with Gasteiger partial charge in [0.2, 0.25) is 0 Å². The minimum atomic E-state index is -0.861. The number of Topliss-reactive ketones (excluding diaryl/α,β-unsaturated/α-hetero) is 1. The second-order valence-corrected chi connectivity index (χ2v) is 5.11. The smallest absolute Gasteiger partial charge is 0.163 e. The molecule has 0 aliphatic carbocycles. The summed E-state index contributed by atoms with van der Waals surface area (Å²) in [5.41, 5.74) is 1.36. The zero-order chi connectivity index (χ0) is 16.7. The van der Waals surface area contributed by atoms with Crippen molar-refractivity contribution in [3.63, 3.8) is 0 Å². The number of methoxy groups -OCH3 is 1. The molecule has 0 amide bonds. The Morgan fingerprint density at radius 2 is 1.65 bits per heavy atom. The molecular formula is C19H16N2O2. The van der Waals surface area contributed by atoms with Gasteiger partial charge in [-0.25, -0.2) is 0 Å². The quantitative estimate of drug-likeness (QED) is 0.762. The number of benzene rings is 2. The highest BCUT2D eigenvalue weighted by molar-refractivity contribution is 5.96. The molecule has 4 heteroatoms. The van der Waals surface area contributed by atoms with Gasteiger partial charge in [-0.05, 0) is 29.8 Å². The standard InChI is InChI=1S/C19H16N2O2/c1-23-17-9-7-15(8-10-17)19(22)11-18(16(12-20)13-21)14-5-3-2-4-6-14/h2-10,16,18H,11H2,1H3. The van der Waals surface area contributed by atoms with Gasteiger partial charge in [0.15, 0.2) is 5.78 Å². The first kappa shape index (κ1) is 16.3. The van der Waals surface area contributed by atoms with Gasteiger partial charge in [-0.1, -0.05) is 30.3 Å². The van der Waals surface area contributed by atoms with Gasteiger partial charge in [-0.3, -0.25) is 4.79 Å². The summed E-state index contributed by atoms with van der Waals surface area (Å²) in [6.07, 6.45) is 0.113. The molecule has 0 saturated carbocycles. The minimum absolute atomic E-state index is 0.1000. The fourth-order valence-corrected chi connectivity index (χ4v) is 2.43. The summed E-state index contributed by atoms with van der Waals surface area (Å²) >= 11 is 0. The summed E-state index contributed by atoms with van der Waals surface area (Å²) in [5, 5.41) is 18.4. The van der Waals surface area contributed by atoms with Crippen LogP contribution in [0.3, 0.4) is 0 Å². The summed E-state index contributed by atoms with van der Waals surface area (Å²) in [5.74, 6) is -0.731. The minimum Gasteiger partial charge on any atom is -0.497 e. The molecule has 0 radical (unpaired) electrons. The van der Waals surface area contributed by atoms with Crippen LogP contribution in [0.4, 0.5) is 0 Å². The molecule has 0 heterocycles. The molecule has 0 aliphatic heterocycles. The Morgan fingerprint density at radius 3 is 2.17 bits per heavy atom. The number of ketones is 1. The maximum Gasteiger partial charge on any atom is 0.163 e. The first-order valence-electron chi connectivity index (χ1n) is 7.21. The molecule has 23 heavy (non-hydrogen) atoms. The number of carbonyl (C=O) groups is 1. The summed E-state index contributed by atoms with van der Waals surface area (Å²) in [7, 11) is 1.56. The Bertz CT molecular complexity index is 726. The molecule has 0 aromatic heterocycles. The molecule has 2 aromatic rings. The van der Waals surface area contributed by atoms with Gasteiger partial charge in [0.1, 0.15) is 11.7 Å². The van der Waals surface area contributed by atoms with Gasteiger partial charge in [-0.15, -0.1) is 0 Å².